The highest BCUT2D eigenvalue weighted by molar-refractivity contribution is 5.95. The van der Waals surface area contributed by atoms with Gasteiger partial charge in [-0.1, -0.05) is 40.5 Å². The summed E-state index contributed by atoms with van der Waals surface area (Å²) in [5, 5.41) is 8.83. The molecule has 30 heavy (non-hydrogen) atoms. The minimum absolute atomic E-state index is 0.00151. The number of hydrogen-bond donors (Lipinski definition) is 5. The number of nitrogens with one attached hydrogen (secondary N) is 3. The highest BCUT2D eigenvalue weighted by Crippen LogP contribution is 2.19. The van der Waals surface area contributed by atoms with Gasteiger partial charge in [0.2, 0.25) is 17.7 Å². The van der Waals surface area contributed by atoms with E-state index in [1.165, 1.54) is 0 Å². The summed E-state index contributed by atoms with van der Waals surface area (Å²) in [4.78, 5) is 42.3. The largest absolute Gasteiger partial charge is 0.370 e. The van der Waals surface area contributed by atoms with E-state index in [4.69, 9.17) is 11.5 Å². The van der Waals surface area contributed by atoms with E-state index >= 15 is 0 Å². The average Bonchev–Trinajstić information content (AvgIpc) is 3.20. The maximum absolute atomic E-state index is 13.2. The number of nitrogens with two attached hydrogens (primary N) is 2. The number of guanidine groups is 1. The van der Waals surface area contributed by atoms with Crippen molar-refractivity contribution < 1.29 is 14.4 Å². The zero-order valence-corrected chi connectivity index (χ0v) is 18.9. The van der Waals surface area contributed by atoms with Gasteiger partial charge in [-0.25, -0.2) is 0 Å². The molecule has 0 aromatic heterocycles. The van der Waals surface area contributed by atoms with E-state index in [9.17, 15) is 14.4 Å². The Morgan fingerprint density at radius 3 is 2.17 bits per heavy atom. The Kier molecular flexibility index (Phi) is 10.6. The lowest BCUT2D eigenvalue weighted by Crippen LogP contribution is -2.62. The Morgan fingerprint density at radius 2 is 1.67 bits per heavy atom. The fourth-order valence-electron chi connectivity index (χ4n) is 3.63. The molecule has 0 aromatic carbocycles. The third kappa shape index (κ3) is 7.84. The SMILES string of the molecule is CCC(CC)(NC(=O)C(C)C)C(=O)N[C@@H](CCCN=C(N)N)C(=O)NC1CCCC1. The molecule has 172 valence electrons. The van der Waals surface area contributed by atoms with E-state index in [2.05, 4.69) is 20.9 Å². The summed E-state index contributed by atoms with van der Waals surface area (Å²) in [7, 11) is 0. The molecule has 9 heteroatoms. The summed E-state index contributed by atoms with van der Waals surface area (Å²) < 4.78 is 0. The monoisotopic (exact) mass is 424 g/mol. The second-order valence-electron chi connectivity index (χ2n) is 8.40. The van der Waals surface area contributed by atoms with Gasteiger partial charge in [-0.05, 0) is 38.5 Å². The summed E-state index contributed by atoms with van der Waals surface area (Å²) in [6.07, 6.45) is 5.92. The fourth-order valence-corrected chi connectivity index (χ4v) is 3.63. The maximum atomic E-state index is 13.2. The summed E-state index contributed by atoms with van der Waals surface area (Å²) >= 11 is 0. The van der Waals surface area contributed by atoms with Gasteiger partial charge in [-0.2, -0.15) is 0 Å². The number of hydrogen-bond acceptors (Lipinski definition) is 4. The topological polar surface area (TPSA) is 152 Å². The molecule has 0 aliphatic heterocycles. The molecular weight excluding hydrogens is 384 g/mol. The number of carbonyl (C=O) groups excluding carboxylic acids is 3. The lowest BCUT2D eigenvalue weighted by molar-refractivity contribution is -0.137. The van der Waals surface area contributed by atoms with Crippen molar-refractivity contribution in [2.75, 3.05) is 6.54 Å². The summed E-state index contributed by atoms with van der Waals surface area (Å²) in [5.74, 6) is -0.964. The van der Waals surface area contributed by atoms with Crippen molar-refractivity contribution in [3.63, 3.8) is 0 Å². The van der Waals surface area contributed by atoms with Crippen LogP contribution in [0.4, 0.5) is 0 Å². The first-order valence-electron chi connectivity index (χ1n) is 11.1. The van der Waals surface area contributed by atoms with E-state index in [0.717, 1.165) is 25.7 Å². The van der Waals surface area contributed by atoms with E-state index in [1.54, 1.807) is 13.8 Å². The van der Waals surface area contributed by atoms with Crippen molar-refractivity contribution in [3.8, 4) is 0 Å². The Balaban J connectivity index is 2.91. The van der Waals surface area contributed by atoms with Crippen LogP contribution in [0.2, 0.25) is 0 Å². The molecule has 1 atom stereocenters. The Morgan fingerprint density at radius 1 is 1.07 bits per heavy atom. The third-order valence-electron chi connectivity index (χ3n) is 5.80. The molecule has 0 aromatic rings. The molecule has 0 saturated heterocycles. The van der Waals surface area contributed by atoms with Crippen molar-refractivity contribution >= 4 is 23.7 Å². The van der Waals surface area contributed by atoms with Gasteiger partial charge in [-0.15, -0.1) is 0 Å². The van der Waals surface area contributed by atoms with Crippen molar-refractivity contribution in [1.29, 1.82) is 0 Å². The van der Waals surface area contributed by atoms with Crippen LogP contribution in [0.5, 0.6) is 0 Å². The van der Waals surface area contributed by atoms with Gasteiger partial charge in [-0.3, -0.25) is 19.4 Å². The van der Waals surface area contributed by atoms with Crippen LogP contribution >= 0.6 is 0 Å². The van der Waals surface area contributed by atoms with Crippen LogP contribution in [0, 0.1) is 5.92 Å². The van der Waals surface area contributed by atoms with Crippen molar-refractivity contribution in [1.82, 2.24) is 16.0 Å². The lowest BCUT2D eigenvalue weighted by atomic mass is 9.90. The van der Waals surface area contributed by atoms with Gasteiger partial charge < -0.3 is 27.4 Å². The first-order valence-corrected chi connectivity index (χ1v) is 11.1. The Labute approximate surface area is 180 Å². The number of nitrogens with zero attached hydrogens (tertiary/aromatic N) is 1. The normalized spacial score (nSPS) is 15.5. The molecule has 1 aliphatic carbocycles. The van der Waals surface area contributed by atoms with E-state index in [1.807, 2.05) is 13.8 Å². The molecule has 3 amide bonds. The smallest absolute Gasteiger partial charge is 0.246 e. The minimum Gasteiger partial charge on any atom is -0.370 e. The van der Waals surface area contributed by atoms with Gasteiger partial charge in [0.15, 0.2) is 5.96 Å². The molecule has 1 rings (SSSR count). The van der Waals surface area contributed by atoms with Crippen LogP contribution in [-0.2, 0) is 14.4 Å². The van der Waals surface area contributed by atoms with Crippen LogP contribution < -0.4 is 27.4 Å². The van der Waals surface area contributed by atoms with E-state index < -0.39 is 11.6 Å². The molecule has 1 fully saturated rings. The predicted molar refractivity (Wildman–Crippen MR) is 119 cm³/mol. The van der Waals surface area contributed by atoms with Crippen molar-refractivity contribution in [2.24, 2.45) is 22.4 Å². The first-order chi connectivity index (χ1) is 14.1. The quantitative estimate of drug-likeness (QED) is 0.179. The molecule has 0 radical (unpaired) electrons. The number of aliphatic imine (C=N–C) groups is 1. The molecule has 0 heterocycles. The third-order valence-corrected chi connectivity index (χ3v) is 5.80. The zero-order valence-electron chi connectivity index (χ0n) is 18.9. The average molecular weight is 425 g/mol. The van der Waals surface area contributed by atoms with Crippen LogP contribution in [0.15, 0.2) is 4.99 Å². The van der Waals surface area contributed by atoms with E-state index in [-0.39, 0.29) is 35.6 Å². The molecular formula is C21H40N6O3. The van der Waals surface area contributed by atoms with Gasteiger partial charge in [0, 0.05) is 18.5 Å². The summed E-state index contributed by atoms with van der Waals surface area (Å²) in [5.41, 5.74) is 9.67. The zero-order chi connectivity index (χ0) is 22.7. The van der Waals surface area contributed by atoms with Crippen molar-refractivity contribution in [2.45, 2.75) is 96.7 Å². The molecule has 1 saturated carbocycles. The second-order valence-corrected chi connectivity index (χ2v) is 8.40. The van der Waals surface area contributed by atoms with Gasteiger partial charge in [0.25, 0.3) is 0 Å². The fraction of sp³-hybridized carbons (Fsp3) is 0.810. The molecule has 0 spiro atoms. The molecule has 0 bridgehead atoms. The Bertz CT molecular complexity index is 606. The standard InChI is InChI=1S/C21H40N6O3/c1-5-21(6-2,27-17(28)14(3)4)19(30)26-16(12-9-13-24-20(22)23)18(29)25-15-10-7-8-11-15/h14-16H,5-13H2,1-4H3,(H,25,29)(H,26,30)(H,27,28)(H4,22,23,24)/t16-/m0/s1. The Hall–Kier alpha value is -2.32. The van der Waals surface area contributed by atoms with Gasteiger partial charge >= 0.3 is 0 Å². The lowest BCUT2D eigenvalue weighted by Gasteiger charge is -2.34. The molecule has 7 N–H and O–H groups in total. The number of amides is 3. The van der Waals surface area contributed by atoms with Crippen molar-refractivity contribution in [3.05, 3.63) is 0 Å². The molecule has 9 nitrogen and oxygen atoms in total. The summed E-state index contributed by atoms with van der Waals surface area (Å²) in [6.45, 7) is 7.66. The minimum atomic E-state index is -1.05. The number of carbonyl (C=O) groups is 3. The van der Waals surface area contributed by atoms with Crippen LogP contribution in [0.25, 0.3) is 0 Å². The van der Waals surface area contributed by atoms with Gasteiger partial charge in [0.05, 0.1) is 0 Å². The second kappa shape index (κ2) is 12.4. The van der Waals surface area contributed by atoms with Crippen LogP contribution in [0.3, 0.4) is 0 Å². The predicted octanol–water partition coefficient (Wildman–Crippen LogP) is 0.915. The molecule has 1 aliphatic rings. The van der Waals surface area contributed by atoms with Crippen LogP contribution in [-0.4, -0.2) is 47.8 Å². The van der Waals surface area contributed by atoms with Gasteiger partial charge in [0.1, 0.15) is 11.6 Å². The highest BCUT2D eigenvalue weighted by atomic mass is 16.2. The first kappa shape index (κ1) is 25.7. The van der Waals surface area contributed by atoms with E-state index in [0.29, 0.717) is 32.2 Å². The maximum Gasteiger partial charge on any atom is 0.246 e. The van der Waals surface area contributed by atoms with Crippen LogP contribution in [0.1, 0.15) is 79.1 Å². The number of rotatable bonds is 12. The highest BCUT2D eigenvalue weighted by Gasteiger charge is 2.39. The summed E-state index contributed by atoms with van der Waals surface area (Å²) in [6, 6.07) is -0.557. The molecule has 0 unspecified atom stereocenters.